The van der Waals surface area contributed by atoms with Crippen molar-refractivity contribution < 1.29 is 4.79 Å². The molecule has 4 rings (SSSR count). The first-order valence-corrected chi connectivity index (χ1v) is 9.95. The number of anilines is 2. The van der Waals surface area contributed by atoms with Gasteiger partial charge in [0.1, 0.15) is 11.4 Å². The third-order valence-electron chi connectivity index (χ3n) is 5.16. The van der Waals surface area contributed by atoms with E-state index in [1.165, 1.54) is 11.6 Å². The number of hydrogen-bond donors (Lipinski definition) is 1. The standard InChI is InChI=1S/C25H20N4O2/c1-3-29-25(31)24(22(16(2)30)23(28-29)17-9-5-4-6-10-17)27-21-14-13-18(15-26)19-11-7-8-12-20(19)21/h4-14,27H,3H2,1-2H3. The number of nitrogens with zero attached hydrogens (tertiary/aromatic N) is 3. The topological polar surface area (TPSA) is 87.8 Å². The van der Waals surface area contributed by atoms with Gasteiger partial charge in [0.2, 0.25) is 0 Å². The molecular weight excluding hydrogens is 388 g/mol. The number of benzene rings is 3. The van der Waals surface area contributed by atoms with E-state index < -0.39 is 0 Å². The Morgan fingerprint density at radius 1 is 1.03 bits per heavy atom. The van der Waals surface area contributed by atoms with Crippen LogP contribution in [0, 0.1) is 11.3 Å². The van der Waals surface area contributed by atoms with Crippen molar-refractivity contribution in [2.45, 2.75) is 20.4 Å². The molecule has 0 aliphatic rings. The Labute approximate surface area is 179 Å². The number of Topliss-reactive ketones (excluding diaryl/α,β-unsaturated/α-hetero) is 1. The zero-order valence-corrected chi connectivity index (χ0v) is 17.2. The lowest BCUT2D eigenvalue weighted by atomic mass is 10.0. The second kappa shape index (κ2) is 8.25. The fourth-order valence-corrected chi connectivity index (χ4v) is 3.68. The Morgan fingerprint density at radius 2 is 1.71 bits per heavy atom. The van der Waals surface area contributed by atoms with Gasteiger partial charge < -0.3 is 5.32 Å². The Kier molecular flexibility index (Phi) is 5.33. The summed E-state index contributed by atoms with van der Waals surface area (Å²) in [6.45, 7) is 3.62. The van der Waals surface area contributed by atoms with E-state index in [9.17, 15) is 14.9 Å². The summed E-state index contributed by atoms with van der Waals surface area (Å²) in [6, 6.07) is 22.4. The number of rotatable bonds is 5. The quantitative estimate of drug-likeness (QED) is 0.475. The first-order chi connectivity index (χ1) is 15.0. The molecule has 6 nitrogen and oxygen atoms in total. The number of carbonyl (C=O) groups excluding carboxylic acids is 1. The van der Waals surface area contributed by atoms with Gasteiger partial charge in [-0.15, -0.1) is 0 Å². The third-order valence-corrected chi connectivity index (χ3v) is 5.16. The summed E-state index contributed by atoms with van der Waals surface area (Å²) < 4.78 is 1.35. The van der Waals surface area contributed by atoms with Gasteiger partial charge in [-0.05, 0) is 26.0 Å². The average molecular weight is 408 g/mol. The van der Waals surface area contributed by atoms with Gasteiger partial charge in [-0.2, -0.15) is 10.4 Å². The zero-order chi connectivity index (χ0) is 22.0. The number of hydrogen-bond acceptors (Lipinski definition) is 5. The molecule has 0 aliphatic heterocycles. The highest BCUT2D eigenvalue weighted by Crippen LogP contribution is 2.31. The van der Waals surface area contributed by atoms with Crippen LogP contribution in [0.15, 0.2) is 71.5 Å². The van der Waals surface area contributed by atoms with Crippen LogP contribution < -0.4 is 10.9 Å². The summed E-state index contributed by atoms with van der Waals surface area (Å²) >= 11 is 0. The molecule has 0 amide bonds. The third kappa shape index (κ3) is 3.58. The van der Waals surface area contributed by atoms with Crippen molar-refractivity contribution in [1.29, 1.82) is 5.26 Å². The minimum atomic E-state index is -0.374. The monoisotopic (exact) mass is 408 g/mol. The fraction of sp³-hybridized carbons (Fsp3) is 0.120. The van der Waals surface area contributed by atoms with Crippen LogP contribution in [0.3, 0.4) is 0 Å². The molecule has 31 heavy (non-hydrogen) atoms. The normalized spacial score (nSPS) is 10.6. The molecule has 1 heterocycles. The molecule has 0 spiro atoms. The van der Waals surface area contributed by atoms with E-state index in [2.05, 4.69) is 16.5 Å². The van der Waals surface area contributed by atoms with Crippen molar-refractivity contribution in [3.8, 4) is 17.3 Å². The predicted molar refractivity (Wildman–Crippen MR) is 122 cm³/mol. The molecule has 0 atom stereocenters. The van der Waals surface area contributed by atoms with Crippen LogP contribution in [0.1, 0.15) is 29.8 Å². The van der Waals surface area contributed by atoms with Gasteiger partial charge in [0.25, 0.3) is 5.56 Å². The van der Waals surface area contributed by atoms with Gasteiger partial charge in [0.15, 0.2) is 5.78 Å². The summed E-state index contributed by atoms with van der Waals surface area (Å²) in [5.74, 6) is -0.257. The smallest absolute Gasteiger partial charge is 0.291 e. The van der Waals surface area contributed by atoms with Crippen LogP contribution in [0.2, 0.25) is 0 Å². The van der Waals surface area contributed by atoms with Crippen LogP contribution in [0.25, 0.3) is 22.0 Å². The van der Waals surface area contributed by atoms with Gasteiger partial charge in [-0.25, -0.2) is 4.68 Å². The first kappa shape index (κ1) is 20.0. The van der Waals surface area contributed by atoms with E-state index in [0.29, 0.717) is 23.5 Å². The second-order valence-electron chi connectivity index (χ2n) is 7.08. The minimum Gasteiger partial charge on any atom is -0.350 e. The number of carbonyl (C=O) groups is 1. The van der Waals surface area contributed by atoms with Gasteiger partial charge in [0, 0.05) is 28.6 Å². The number of nitrogens with one attached hydrogen (secondary N) is 1. The van der Waals surface area contributed by atoms with E-state index >= 15 is 0 Å². The summed E-state index contributed by atoms with van der Waals surface area (Å²) in [5, 5.41) is 18.7. The molecule has 6 heteroatoms. The molecule has 0 saturated carbocycles. The lowest BCUT2D eigenvalue weighted by molar-refractivity contribution is 0.101. The maximum absolute atomic E-state index is 13.2. The number of fused-ring (bicyclic) bond motifs is 1. The second-order valence-corrected chi connectivity index (χ2v) is 7.08. The van der Waals surface area contributed by atoms with Gasteiger partial charge >= 0.3 is 0 Å². The average Bonchev–Trinajstić information content (AvgIpc) is 2.80. The molecule has 0 saturated heterocycles. The summed E-state index contributed by atoms with van der Waals surface area (Å²) in [5.41, 5.74) is 2.44. The molecule has 4 aromatic rings. The van der Waals surface area contributed by atoms with E-state index in [1.54, 1.807) is 12.1 Å². The molecule has 1 N–H and O–H groups in total. The highest BCUT2D eigenvalue weighted by Gasteiger charge is 2.22. The molecule has 0 aliphatic carbocycles. The zero-order valence-electron chi connectivity index (χ0n) is 17.2. The van der Waals surface area contributed by atoms with Crippen molar-refractivity contribution in [3.63, 3.8) is 0 Å². The van der Waals surface area contributed by atoms with E-state index in [1.807, 2.05) is 61.5 Å². The highest BCUT2D eigenvalue weighted by atomic mass is 16.1. The molecule has 152 valence electrons. The SMILES string of the molecule is CCn1nc(-c2ccccc2)c(C(C)=O)c(Nc2ccc(C#N)c3ccccc23)c1=O. The van der Waals surface area contributed by atoms with Crippen molar-refractivity contribution in [3.05, 3.63) is 88.2 Å². The van der Waals surface area contributed by atoms with E-state index in [0.717, 1.165) is 16.3 Å². The summed E-state index contributed by atoms with van der Waals surface area (Å²) in [6.07, 6.45) is 0. The van der Waals surface area contributed by atoms with Crippen molar-refractivity contribution >= 4 is 27.9 Å². The van der Waals surface area contributed by atoms with Crippen molar-refractivity contribution in [1.82, 2.24) is 9.78 Å². The largest absolute Gasteiger partial charge is 0.350 e. The van der Waals surface area contributed by atoms with E-state index in [-0.39, 0.29) is 22.6 Å². The summed E-state index contributed by atoms with van der Waals surface area (Å²) in [4.78, 5) is 25.9. The molecule has 0 radical (unpaired) electrons. The van der Waals surface area contributed by atoms with E-state index in [4.69, 9.17) is 0 Å². The van der Waals surface area contributed by atoms with Gasteiger partial charge in [-0.1, -0.05) is 54.6 Å². The Bertz CT molecular complexity index is 1400. The Balaban J connectivity index is 2.00. The number of aryl methyl sites for hydroxylation is 1. The molecule has 0 fully saturated rings. The molecule has 1 aromatic heterocycles. The highest BCUT2D eigenvalue weighted by molar-refractivity contribution is 6.07. The maximum atomic E-state index is 13.2. The molecule has 3 aromatic carbocycles. The summed E-state index contributed by atoms with van der Waals surface area (Å²) in [7, 11) is 0. The number of aromatic nitrogens is 2. The lowest BCUT2D eigenvalue weighted by Gasteiger charge is -2.17. The van der Waals surface area contributed by atoms with Crippen LogP contribution in [0.5, 0.6) is 0 Å². The van der Waals surface area contributed by atoms with Crippen LogP contribution in [-0.2, 0) is 6.54 Å². The lowest BCUT2D eigenvalue weighted by Crippen LogP contribution is -2.28. The molecule has 0 unspecified atom stereocenters. The number of ketones is 1. The van der Waals surface area contributed by atoms with Crippen LogP contribution in [-0.4, -0.2) is 15.6 Å². The van der Waals surface area contributed by atoms with Crippen LogP contribution in [0.4, 0.5) is 11.4 Å². The predicted octanol–water partition coefficient (Wildman–Crippen LogP) is 4.90. The first-order valence-electron chi connectivity index (χ1n) is 9.95. The molecular formula is C25H20N4O2. The van der Waals surface area contributed by atoms with Crippen molar-refractivity contribution in [2.24, 2.45) is 0 Å². The Hall–Kier alpha value is -4.24. The van der Waals surface area contributed by atoms with Crippen LogP contribution >= 0.6 is 0 Å². The minimum absolute atomic E-state index is 0.179. The van der Waals surface area contributed by atoms with Crippen molar-refractivity contribution in [2.75, 3.05) is 5.32 Å². The Morgan fingerprint density at radius 3 is 2.35 bits per heavy atom. The fourth-order valence-electron chi connectivity index (χ4n) is 3.68. The maximum Gasteiger partial charge on any atom is 0.291 e. The molecule has 0 bridgehead atoms. The van der Waals surface area contributed by atoms with Gasteiger partial charge in [0.05, 0.1) is 17.2 Å². The van der Waals surface area contributed by atoms with Gasteiger partial charge in [-0.3, -0.25) is 9.59 Å². The number of nitriles is 1.